The van der Waals surface area contributed by atoms with E-state index < -0.39 is 11.8 Å². The van der Waals surface area contributed by atoms with Crippen LogP contribution in [0.5, 0.6) is 0 Å². The summed E-state index contributed by atoms with van der Waals surface area (Å²) in [5.41, 5.74) is 1.63. The Balaban J connectivity index is 1.88. The second kappa shape index (κ2) is 6.42. The van der Waals surface area contributed by atoms with E-state index in [1.165, 1.54) is 0 Å². The molecule has 0 aliphatic carbocycles. The lowest BCUT2D eigenvalue weighted by Crippen LogP contribution is -2.35. The number of carbonyl (C=O) groups is 2. The molecule has 0 fully saturated rings. The number of aryl methyl sites for hydroxylation is 1. The summed E-state index contributed by atoms with van der Waals surface area (Å²) in [6.07, 6.45) is 3.25. The second-order valence-corrected chi connectivity index (χ2v) is 4.16. The van der Waals surface area contributed by atoms with Gasteiger partial charge in [0.1, 0.15) is 5.82 Å². The van der Waals surface area contributed by atoms with Crippen molar-refractivity contribution in [2.75, 3.05) is 5.32 Å². The van der Waals surface area contributed by atoms with Gasteiger partial charge >= 0.3 is 11.8 Å². The van der Waals surface area contributed by atoms with Crippen LogP contribution in [0.25, 0.3) is 0 Å². The van der Waals surface area contributed by atoms with Crippen LogP contribution < -0.4 is 10.6 Å². The molecule has 2 aromatic heterocycles. The number of amides is 2. The Hall–Kier alpha value is -2.76. The van der Waals surface area contributed by atoms with E-state index in [2.05, 4.69) is 20.6 Å². The third-order valence-electron chi connectivity index (χ3n) is 2.54. The summed E-state index contributed by atoms with van der Waals surface area (Å²) in [6, 6.07) is 8.72. The van der Waals surface area contributed by atoms with Crippen LogP contribution in [0.3, 0.4) is 0 Å². The fourth-order valence-corrected chi connectivity index (χ4v) is 1.55. The highest BCUT2D eigenvalue weighted by Crippen LogP contribution is 2.03. The summed E-state index contributed by atoms with van der Waals surface area (Å²) < 4.78 is 0. The molecule has 2 N–H and O–H groups in total. The first-order chi connectivity index (χ1) is 9.65. The smallest absolute Gasteiger partial charge is 0.314 e. The predicted molar refractivity (Wildman–Crippen MR) is 73.7 cm³/mol. The van der Waals surface area contributed by atoms with Gasteiger partial charge < -0.3 is 10.6 Å². The first-order valence-corrected chi connectivity index (χ1v) is 6.07. The summed E-state index contributed by atoms with van der Waals surface area (Å²) in [5, 5.41) is 4.97. The molecule has 0 saturated carbocycles. The van der Waals surface area contributed by atoms with Crippen molar-refractivity contribution in [3.63, 3.8) is 0 Å². The number of nitrogens with one attached hydrogen (secondary N) is 2. The van der Waals surface area contributed by atoms with Crippen LogP contribution in [0.4, 0.5) is 5.82 Å². The van der Waals surface area contributed by atoms with Gasteiger partial charge in [-0.05, 0) is 36.8 Å². The predicted octanol–water partition coefficient (Wildman–Crippen LogP) is 1.04. The number of aromatic nitrogens is 2. The molecule has 0 aromatic carbocycles. The third-order valence-corrected chi connectivity index (χ3v) is 2.54. The van der Waals surface area contributed by atoms with Crippen LogP contribution in [0.15, 0.2) is 42.7 Å². The van der Waals surface area contributed by atoms with E-state index in [1.54, 1.807) is 49.6 Å². The molecule has 102 valence electrons. The molecule has 0 aliphatic heterocycles. The van der Waals surface area contributed by atoms with E-state index in [0.29, 0.717) is 5.82 Å². The van der Waals surface area contributed by atoms with Gasteiger partial charge in [0.25, 0.3) is 0 Å². The number of carbonyl (C=O) groups excluding carboxylic acids is 2. The minimum absolute atomic E-state index is 0.274. The molecule has 0 aliphatic rings. The zero-order chi connectivity index (χ0) is 14.4. The number of hydrogen-bond acceptors (Lipinski definition) is 4. The quantitative estimate of drug-likeness (QED) is 0.816. The molecule has 0 saturated heterocycles. The summed E-state index contributed by atoms with van der Waals surface area (Å²) in [6.45, 7) is 2.08. The van der Waals surface area contributed by atoms with E-state index in [0.717, 1.165) is 11.3 Å². The second-order valence-electron chi connectivity index (χ2n) is 4.16. The lowest BCUT2D eigenvalue weighted by atomic mass is 10.3. The van der Waals surface area contributed by atoms with E-state index in [-0.39, 0.29) is 6.54 Å². The zero-order valence-corrected chi connectivity index (χ0v) is 11.0. The maximum atomic E-state index is 11.7. The van der Waals surface area contributed by atoms with Gasteiger partial charge in [0.2, 0.25) is 0 Å². The SMILES string of the molecule is Cc1cccc(NC(=O)C(=O)NCc2ccncc2)n1. The third kappa shape index (κ3) is 3.88. The first-order valence-electron chi connectivity index (χ1n) is 6.07. The topological polar surface area (TPSA) is 84.0 Å². The molecule has 0 atom stereocenters. The Bertz CT molecular complexity index is 614. The zero-order valence-electron chi connectivity index (χ0n) is 11.0. The molecule has 0 spiro atoms. The molecule has 2 rings (SSSR count). The van der Waals surface area contributed by atoms with E-state index in [4.69, 9.17) is 0 Å². The molecule has 2 heterocycles. The first kappa shape index (κ1) is 13.7. The Morgan fingerprint density at radius 2 is 1.85 bits per heavy atom. The summed E-state index contributed by atoms with van der Waals surface area (Å²) in [4.78, 5) is 31.3. The largest absolute Gasteiger partial charge is 0.344 e. The molecule has 0 unspecified atom stereocenters. The lowest BCUT2D eigenvalue weighted by Gasteiger charge is -2.06. The van der Waals surface area contributed by atoms with Gasteiger partial charge in [-0.1, -0.05) is 6.07 Å². The molecule has 6 heteroatoms. The van der Waals surface area contributed by atoms with Crippen molar-refractivity contribution in [2.45, 2.75) is 13.5 Å². The van der Waals surface area contributed by atoms with Crippen LogP contribution in [0.1, 0.15) is 11.3 Å². The molecule has 2 amide bonds. The highest BCUT2D eigenvalue weighted by atomic mass is 16.2. The molecule has 0 radical (unpaired) electrons. The van der Waals surface area contributed by atoms with Crippen LogP contribution in [0, 0.1) is 6.92 Å². The molecular weight excluding hydrogens is 256 g/mol. The standard InChI is InChI=1S/C14H14N4O2/c1-10-3-2-4-12(17-10)18-14(20)13(19)16-9-11-5-7-15-8-6-11/h2-8H,9H2,1H3,(H,16,19)(H,17,18,20). The van der Waals surface area contributed by atoms with Crippen LogP contribution in [0.2, 0.25) is 0 Å². The van der Waals surface area contributed by atoms with Gasteiger partial charge in [-0.2, -0.15) is 0 Å². The van der Waals surface area contributed by atoms with Crippen molar-refractivity contribution >= 4 is 17.6 Å². The number of rotatable bonds is 3. The van der Waals surface area contributed by atoms with Crippen LogP contribution in [-0.2, 0) is 16.1 Å². The van der Waals surface area contributed by atoms with Crippen LogP contribution >= 0.6 is 0 Å². The maximum absolute atomic E-state index is 11.7. The highest BCUT2D eigenvalue weighted by molar-refractivity contribution is 6.39. The van der Waals surface area contributed by atoms with E-state index >= 15 is 0 Å². The van der Waals surface area contributed by atoms with Gasteiger partial charge in [-0.25, -0.2) is 4.98 Å². The minimum atomic E-state index is -0.739. The summed E-state index contributed by atoms with van der Waals surface area (Å²) in [7, 11) is 0. The Kier molecular flexibility index (Phi) is 4.39. The molecule has 2 aromatic rings. The molecular formula is C14H14N4O2. The fraction of sp³-hybridized carbons (Fsp3) is 0.143. The van der Waals surface area contributed by atoms with Gasteiger partial charge in [-0.15, -0.1) is 0 Å². The maximum Gasteiger partial charge on any atom is 0.314 e. The summed E-state index contributed by atoms with van der Waals surface area (Å²) in [5.74, 6) is -1.09. The summed E-state index contributed by atoms with van der Waals surface area (Å²) >= 11 is 0. The highest BCUT2D eigenvalue weighted by Gasteiger charge is 2.13. The van der Waals surface area contributed by atoms with Crippen LogP contribution in [-0.4, -0.2) is 21.8 Å². The monoisotopic (exact) mass is 270 g/mol. The number of pyridine rings is 2. The van der Waals surface area contributed by atoms with E-state index in [1.807, 2.05) is 0 Å². The van der Waals surface area contributed by atoms with Gasteiger partial charge in [0.15, 0.2) is 0 Å². The van der Waals surface area contributed by atoms with Gasteiger partial charge in [0, 0.05) is 24.6 Å². The van der Waals surface area contributed by atoms with Crippen molar-refractivity contribution in [2.24, 2.45) is 0 Å². The minimum Gasteiger partial charge on any atom is -0.344 e. The Morgan fingerprint density at radius 1 is 1.10 bits per heavy atom. The number of anilines is 1. The van der Waals surface area contributed by atoms with Crippen molar-refractivity contribution in [1.29, 1.82) is 0 Å². The van der Waals surface area contributed by atoms with Crippen molar-refractivity contribution in [3.05, 3.63) is 54.0 Å². The Labute approximate surface area is 116 Å². The Morgan fingerprint density at radius 3 is 2.55 bits per heavy atom. The number of nitrogens with zero attached hydrogens (tertiary/aromatic N) is 2. The molecule has 20 heavy (non-hydrogen) atoms. The lowest BCUT2D eigenvalue weighted by molar-refractivity contribution is -0.136. The van der Waals surface area contributed by atoms with Gasteiger partial charge in [-0.3, -0.25) is 14.6 Å². The van der Waals surface area contributed by atoms with Gasteiger partial charge in [0.05, 0.1) is 0 Å². The fourth-order valence-electron chi connectivity index (χ4n) is 1.55. The van der Waals surface area contributed by atoms with Crippen molar-refractivity contribution < 1.29 is 9.59 Å². The van der Waals surface area contributed by atoms with Crippen molar-refractivity contribution in [3.8, 4) is 0 Å². The normalized spacial score (nSPS) is 9.85. The number of hydrogen-bond donors (Lipinski definition) is 2. The van der Waals surface area contributed by atoms with E-state index in [9.17, 15) is 9.59 Å². The average Bonchev–Trinajstić information content (AvgIpc) is 2.46. The average molecular weight is 270 g/mol. The van der Waals surface area contributed by atoms with Crippen molar-refractivity contribution in [1.82, 2.24) is 15.3 Å². The molecule has 6 nitrogen and oxygen atoms in total. The molecule has 0 bridgehead atoms.